The fourth-order valence-electron chi connectivity index (χ4n) is 1.32. The second kappa shape index (κ2) is 4.42. The molecule has 0 aliphatic rings. The van der Waals surface area contributed by atoms with Gasteiger partial charge in [0.25, 0.3) is 0 Å². The van der Waals surface area contributed by atoms with E-state index in [-0.39, 0.29) is 0 Å². The van der Waals surface area contributed by atoms with E-state index >= 15 is 0 Å². The maximum Gasteiger partial charge on any atom is 0.0593 e. The Bertz CT molecular complexity index is 321. The molecular formula is C11H19N3. The lowest BCUT2D eigenvalue weighted by Crippen LogP contribution is -2.18. The maximum absolute atomic E-state index is 5.94. The van der Waals surface area contributed by atoms with Gasteiger partial charge in [-0.1, -0.05) is 6.92 Å². The highest BCUT2D eigenvalue weighted by atomic mass is 15.1. The van der Waals surface area contributed by atoms with Crippen LogP contribution in [0.3, 0.4) is 0 Å². The van der Waals surface area contributed by atoms with E-state index in [9.17, 15) is 0 Å². The van der Waals surface area contributed by atoms with E-state index in [1.165, 1.54) is 0 Å². The molecule has 0 saturated carbocycles. The molecule has 78 valence electrons. The summed E-state index contributed by atoms with van der Waals surface area (Å²) >= 11 is 0. The molecule has 2 N–H and O–H groups in total. The number of nitrogens with zero attached hydrogens (tertiary/aromatic N) is 2. The molecule has 1 rings (SSSR count). The van der Waals surface area contributed by atoms with E-state index < -0.39 is 0 Å². The van der Waals surface area contributed by atoms with Gasteiger partial charge in [0.1, 0.15) is 0 Å². The summed E-state index contributed by atoms with van der Waals surface area (Å²) in [7, 11) is 2.08. The molecule has 1 heterocycles. The minimum atomic E-state index is 0.868. The van der Waals surface area contributed by atoms with Crippen LogP contribution in [0, 0.1) is 13.8 Å². The second-order valence-corrected chi connectivity index (χ2v) is 3.76. The summed E-state index contributed by atoms with van der Waals surface area (Å²) in [6.45, 7) is 8.05. The zero-order valence-electron chi connectivity index (χ0n) is 9.46. The lowest BCUT2D eigenvalue weighted by atomic mass is 10.1. The molecule has 0 fully saturated rings. The summed E-state index contributed by atoms with van der Waals surface area (Å²) in [5.74, 6) is 0. The molecule has 0 unspecified atom stereocenters. The van der Waals surface area contributed by atoms with Crippen molar-refractivity contribution in [3.63, 3.8) is 0 Å². The number of anilines is 1. The van der Waals surface area contributed by atoms with E-state index in [0.29, 0.717) is 0 Å². The molecule has 0 saturated heterocycles. The molecule has 0 spiro atoms. The molecular weight excluding hydrogens is 174 g/mol. The summed E-state index contributed by atoms with van der Waals surface area (Å²) in [6.07, 6.45) is 1.85. The monoisotopic (exact) mass is 193 g/mol. The number of nitrogens with two attached hydrogens (primary N) is 1. The highest BCUT2D eigenvalue weighted by Gasteiger charge is 2.07. The SMILES string of the molecule is CCN(C)Cc1ncc(C)c(N)c1C. The van der Waals surface area contributed by atoms with Crippen molar-refractivity contribution in [1.82, 2.24) is 9.88 Å². The van der Waals surface area contributed by atoms with Crippen LogP contribution in [0.5, 0.6) is 0 Å². The average Bonchev–Trinajstić information content (AvgIpc) is 2.19. The first-order valence-electron chi connectivity index (χ1n) is 4.95. The molecule has 1 aromatic heterocycles. The maximum atomic E-state index is 5.94. The summed E-state index contributed by atoms with van der Waals surface area (Å²) in [5, 5.41) is 0. The van der Waals surface area contributed by atoms with Crippen molar-refractivity contribution in [1.29, 1.82) is 0 Å². The third-order valence-electron chi connectivity index (χ3n) is 2.64. The Kier molecular flexibility index (Phi) is 3.47. The van der Waals surface area contributed by atoms with Crippen LogP contribution < -0.4 is 5.73 Å². The topological polar surface area (TPSA) is 42.2 Å². The number of rotatable bonds is 3. The molecule has 3 heteroatoms. The van der Waals surface area contributed by atoms with Gasteiger partial charge in [-0.15, -0.1) is 0 Å². The van der Waals surface area contributed by atoms with Gasteiger partial charge < -0.3 is 10.6 Å². The number of hydrogen-bond acceptors (Lipinski definition) is 3. The van der Waals surface area contributed by atoms with Crippen LogP contribution in [0.25, 0.3) is 0 Å². The molecule has 0 amide bonds. The minimum absolute atomic E-state index is 0.868. The van der Waals surface area contributed by atoms with Gasteiger partial charge in [-0.05, 0) is 38.6 Å². The van der Waals surface area contributed by atoms with Crippen molar-refractivity contribution in [2.45, 2.75) is 27.3 Å². The van der Waals surface area contributed by atoms with E-state index in [1.807, 2.05) is 20.0 Å². The summed E-state index contributed by atoms with van der Waals surface area (Å²) in [6, 6.07) is 0. The van der Waals surface area contributed by atoms with Gasteiger partial charge >= 0.3 is 0 Å². The van der Waals surface area contributed by atoms with Crippen LogP contribution >= 0.6 is 0 Å². The van der Waals surface area contributed by atoms with Gasteiger partial charge in [0.15, 0.2) is 0 Å². The molecule has 14 heavy (non-hydrogen) atoms. The first kappa shape index (κ1) is 11.0. The van der Waals surface area contributed by atoms with Gasteiger partial charge in [0.05, 0.1) is 5.69 Å². The number of pyridine rings is 1. The average molecular weight is 193 g/mol. The second-order valence-electron chi connectivity index (χ2n) is 3.76. The Labute approximate surface area is 85.9 Å². The van der Waals surface area contributed by atoms with Gasteiger partial charge in [-0.25, -0.2) is 0 Å². The number of aryl methyl sites for hydroxylation is 1. The summed E-state index contributed by atoms with van der Waals surface area (Å²) in [5.41, 5.74) is 10.1. The van der Waals surface area contributed by atoms with Crippen LogP contribution in [-0.2, 0) is 6.54 Å². The molecule has 0 bridgehead atoms. The first-order chi connectivity index (χ1) is 6.56. The fraction of sp³-hybridized carbons (Fsp3) is 0.545. The highest BCUT2D eigenvalue weighted by molar-refractivity contribution is 5.53. The van der Waals surface area contributed by atoms with Crippen molar-refractivity contribution >= 4 is 5.69 Å². The molecule has 0 aliphatic heterocycles. The summed E-state index contributed by atoms with van der Waals surface area (Å²) in [4.78, 5) is 6.62. The lowest BCUT2D eigenvalue weighted by Gasteiger charge is -2.16. The molecule has 3 nitrogen and oxygen atoms in total. The number of aromatic nitrogens is 1. The predicted molar refractivity (Wildman–Crippen MR) is 60.1 cm³/mol. The van der Waals surface area contributed by atoms with Crippen LogP contribution in [0.2, 0.25) is 0 Å². The quantitative estimate of drug-likeness (QED) is 0.795. The van der Waals surface area contributed by atoms with Crippen LogP contribution in [0.15, 0.2) is 6.20 Å². The predicted octanol–water partition coefficient (Wildman–Crippen LogP) is 1.73. The van der Waals surface area contributed by atoms with Gasteiger partial charge in [-0.2, -0.15) is 0 Å². The highest BCUT2D eigenvalue weighted by Crippen LogP contribution is 2.18. The molecule has 0 radical (unpaired) electrons. The lowest BCUT2D eigenvalue weighted by molar-refractivity contribution is 0.340. The van der Waals surface area contributed by atoms with E-state index in [1.54, 1.807) is 0 Å². The third-order valence-corrected chi connectivity index (χ3v) is 2.64. The Morgan fingerprint density at radius 1 is 1.43 bits per heavy atom. The van der Waals surface area contributed by atoms with Crippen molar-refractivity contribution in [2.75, 3.05) is 19.3 Å². The Hall–Kier alpha value is -1.09. The Morgan fingerprint density at radius 2 is 2.07 bits per heavy atom. The van der Waals surface area contributed by atoms with Crippen molar-refractivity contribution < 1.29 is 0 Å². The van der Waals surface area contributed by atoms with Crippen molar-refractivity contribution in [3.8, 4) is 0 Å². The van der Waals surface area contributed by atoms with Crippen LogP contribution in [-0.4, -0.2) is 23.5 Å². The van der Waals surface area contributed by atoms with Gasteiger partial charge in [0, 0.05) is 18.4 Å². The van der Waals surface area contributed by atoms with E-state index in [2.05, 4.69) is 23.9 Å². The molecule has 1 aromatic rings. The smallest absolute Gasteiger partial charge is 0.0593 e. The minimum Gasteiger partial charge on any atom is -0.398 e. The van der Waals surface area contributed by atoms with Crippen molar-refractivity contribution in [2.24, 2.45) is 0 Å². The number of hydrogen-bond donors (Lipinski definition) is 1. The van der Waals surface area contributed by atoms with Gasteiger partial charge in [0.2, 0.25) is 0 Å². The Morgan fingerprint density at radius 3 is 2.64 bits per heavy atom. The summed E-state index contributed by atoms with van der Waals surface area (Å²) < 4.78 is 0. The van der Waals surface area contributed by atoms with Crippen molar-refractivity contribution in [3.05, 3.63) is 23.0 Å². The number of nitrogen functional groups attached to an aromatic ring is 1. The van der Waals surface area contributed by atoms with E-state index in [4.69, 9.17) is 5.73 Å². The normalized spacial score (nSPS) is 10.9. The standard InChI is InChI=1S/C11H19N3/c1-5-14(4)7-10-9(3)11(12)8(2)6-13-10/h6H,5,7H2,1-4H3,(H2,12,13). The van der Waals surface area contributed by atoms with Crippen LogP contribution in [0.4, 0.5) is 5.69 Å². The fourth-order valence-corrected chi connectivity index (χ4v) is 1.32. The molecule has 0 aliphatic carbocycles. The van der Waals surface area contributed by atoms with Crippen LogP contribution in [0.1, 0.15) is 23.7 Å². The zero-order valence-corrected chi connectivity index (χ0v) is 9.46. The third kappa shape index (κ3) is 2.23. The van der Waals surface area contributed by atoms with E-state index in [0.717, 1.165) is 35.6 Å². The Balaban J connectivity index is 2.94. The largest absolute Gasteiger partial charge is 0.398 e. The van der Waals surface area contributed by atoms with Gasteiger partial charge in [-0.3, -0.25) is 4.98 Å². The molecule has 0 aromatic carbocycles. The zero-order chi connectivity index (χ0) is 10.7. The first-order valence-corrected chi connectivity index (χ1v) is 4.95. The molecule has 0 atom stereocenters.